The van der Waals surface area contributed by atoms with Crippen molar-refractivity contribution in [1.29, 1.82) is 0 Å². The Bertz CT molecular complexity index is 1380. The van der Waals surface area contributed by atoms with Crippen LogP contribution in [0.1, 0.15) is 41.8 Å². The first kappa shape index (κ1) is 28.1. The number of ketones is 2. The number of rotatable bonds is 6. The van der Waals surface area contributed by atoms with Crippen LogP contribution in [-0.2, 0) is 20.8 Å². The number of carbonyl (C=O) groups excluding carboxylic acids is 3. The molecule has 1 amide bonds. The number of hydrogen-bond acceptors (Lipinski definition) is 11. The molecule has 12 nitrogen and oxygen atoms in total. The second kappa shape index (κ2) is 9.69. The van der Waals surface area contributed by atoms with Crippen LogP contribution in [-0.4, -0.2) is 95.0 Å². The van der Waals surface area contributed by atoms with E-state index in [2.05, 4.69) is 5.16 Å². The zero-order valence-corrected chi connectivity index (χ0v) is 22.8. The highest BCUT2D eigenvalue weighted by Crippen LogP contribution is 2.53. The summed E-state index contributed by atoms with van der Waals surface area (Å²) < 4.78 is 0. The summed E-state index contributed by atoms with van der Waals surface area (Å²) in [4.78, 5) is 48.0. The molecule has 1 aromatic rings. The lowest BCUT2D eigenvalue weighted by Crippen LogP contribution is -2.63. The van der Waals surface area contributed by atoms with E-state index in [4.69, 9.17) is 10.6 Å². The van der Waals surface area contributed by atoms with Gasteiger partial charge in [0.25, 0.3) is 5.91 Å². The second-order valence-corrected chi connectivity index (χ2v) is 10.6. The number of likely N-dealkylation sites (N-methyl/N-ethyl adjacent to an activating group) is 1. The standard InChI is InChI=1S/C27H34N4O8/c1-7-39-29-11(2)13-10-16(30(3)4)14-8-12-9-15-20(31(5)6)23(34)19(26(28)37)25(36)27(15,38)24(35)17(12)22(33)18(14)21(13)32/h10,12,15,20,32,34-35,38H,7-9H2,1-6H3,(H2,28,37)/t12-,15+,20+,27+/m1/s1. The van der Waals surface area contributed by atoms with Crippen LogP contribution in [0.4, 0.5) is 5.69 Å². The third-order valence-electron chi connectivity index (χ3n) is 7.90. The molecule has 4 atom stereocenters. The van der Waals surface area contributed by atoms with Crippen LogP contribution in [0.3, 0.4) is 0 Å². The Balaban J connectivity index is 1.98. The van der Waals surface area contributed by atoms with E-state index in [9.17, 15) is 34.8 Å². The number of aromatic hydroxyl groups is 1. The number of fused-ring (bicyclic) bond motifs is 3. The van der Waals surface area contributed by atoms with Crippen molar-refractivity contribution in [3.05, 3.63) is 45.4 Å². The molecule has 3 aliphatic rings. The normalized spacial score (nSPS) is 26.9. The predicted octanol–water partition coefficient (Wildman–Crippen LogP) is 0.947. The number of hydrogen-bond donors (Lipinski definition) is 5. The third kappa shape index (κ3) is 3.97. The molecule has 3 aliphatic carbocycles. The molecule has 4 rings (SSSR count). The SMILES string of the molecule is CCON=C(C)c1cc(N(C)C)c2c(c1O)C(=O)C1=C(O)[C@]3(O)C(=O)C(C(N)=O)=C(O)[C@@H](N(C)C)[C@@H]3C[C@H]1C2. The molecule has 1 aromatic carbocycles. The summed E-state index contributed by atoms with van der Waals surface area (Å²) in [5.74, 6) is -6.91. The van der Waals surface area contributed by atoms with Crippen LogP contribution >= 0.6 is 0 Å². The number of aliphatic hydroxyl groups excluding tert-OH is 2. The average molecular weight is 543 g/mol. The van der Waals surface area contributed by atoms with Crippen molar-refractivity contribution in [2.45, 2.75) is 38.3 Å². The van der Waals surface area contributed by atoms with Crippen LogP contribution in [0.15, 0.2) is 33.9 Å². The Labute approximate surface area is 225 Å². The van der Waals surface area contributed by atoms with Crippen molar-refractivity contribution in [3.8, 4) is 5.75 Å². The largest absolute Gasteiger partial charge is 0.510 e. The molecule has 0 saturated carbocycles. The molecule has 0 aliphatic heterocycles. The highest BCUT2D eigenvalue weighted by atomic mass is 16.6. The van der Waals surface area contributed by atoms with Gasteiger partial charge in [-0.3, -0.25) is 19.3 Å². The van der Waals surface area contributed by atoms with E-state index < -0.39 is 58.0 Å². The van der Waals surface area contributed by atoms with Crippen LogP contribution in [0.2, 0.25) is 0 Å². The smallest absolute Gasteiger partial charge is 0.255 e. The van der Waals surface area contributed by atoms with Crippen molar-refractivity contribution < 1.29 is 39.6 Å². The Morgan fingerprint density at radius 1 is 1.21 bits per heavy atom. The first-order valence-corrected chi connectivity index (χ1v) is 12.6. The van der Waals surface area contributed by atoms with Gasteiger partial charge in [0.1, 0.15) is 29.4 Å². The number of primary amides is 1. The number of benzene rings is 1. The monoisotopic (exact) mass is 542 g/mol. The molecule has 0 heterocycles. The minimum Gasteiger partial charge on any atom is -0.510 e. The molecule has 0 fully saturated rings. The van der Waals surface area contributed by atoms with E-state index in [-0.39, 0.29) is 35.3 Å². The molecule has 0 unspecified atom stereocenters. The van der Waals surface area contributed by atoms with Crippen molar-refractivity contribution >= 4 is 28.9 Å². The van der Waals surface area contributed by atoms with Gasteiger partial charge in [-0.05, 0) is 58.3 Å². The number of phenolic OH excluding ortho intramolecular Hbond substituents is 1. The first-order valence-electron chi connectivity index (χ1n) is 12.6. The molecule has 6 N–H and O–H groups in total. The summed E-state index contributed by atoms with van der Waals surface area (Å²) in [5.41, 5.74) is 3.28. The van der Waals surface area contributed by atoms with Crippen LogP contribution in [0.5, 0.6) is 5.75 Å². The number of oxime groups is 1. The number of amides is 1. The number of allylic oxidation sites excluding steroid dienone is 1. The summed E-state index contributed by atoms with van der Waals surface area (Å²) in [6, 6.07) is 0.657. The summed E-state index contributed by atoms with van der Waals surface area (Å²) in [5, 5.41) is 49.3. The van der Waals surface area contributed by atoms with E-state index in [1.165, 1.54) is 4.90 Å². The molecule has 39 heavy (non-hydrogen) atoms. The number of nitrogens with zero attached hydrogens (tertiary/aromatic N) is 3. The molecule has 0 saturated heterocycles. The zero-order chi connectivity index (χ0) is 29.1. The van der Waals surface area contributed by atoms with Crippen LogP contribution < -0.4 is 10.6 Å². The molecular formula is C27H34N4O8. The van der Waals surface area contributed by atoms with Crippen molar-refractivity contribution in [1.82, 2.24) is 4.90 Å². The molecule has 0 bridgehead atoms. The lowest BCUT2D eigenvalue weighted by molar-refractivity contribution is -0.148. The number of aliphatic hydroxyl groups is 3. The molecule has 12 heteroatoms. The van der Waals surface area contributed by atoms with E-state index >= 15 is 0 Å². The Morgan fingerprint density at radius 2 is 1.85 bits per heavy atom. The number of nitrogens with two attached hydrogens (primary N) is 1. The Kier molecular flexibility index (Phi) is 6.98. The van der Waals surface area contributed by atoms with E-state index in [0.29, 0.717) is 23.6 Å². The Hall–Kier alpha value is -3.90. The zero-order valence-electron chi connectivity index (χ0n) is 22.8. The maximum Gasteiger partial charge on any atom is 0.255 e. The van der Waals surface area contributed by atoms with E-state index in [1.54, 1.807) is 53.0 Å². The molecule has 210 valence electrons. The summed E-state index contributed by atoms with van der Waals surface area (Å²) in [6.07, 6.45) is 0.212. The van der Waals surface area contributed by atoms with Gasteiger partial charge in [0, 0.05) is 36.8 Å². The van der Waals surface area contributed by atoms with Gasteiger partial charge in [0.15, 0.2) is 11.4 Å². The fourth-order valence-corrected chi connectivity index (χ4v) is 6.18. The number of Topliss-reactive ketones (excluding diaryl/α,β-unsaturated/α-hetero) is 2. The maximum absolute atomic E-state index is 14.0. The van der Waals surface area contributed by atoms with E-state index in [1.807, 2.05) is 0 Å². The minimum absolute atomic E-state index is 0.0198. The summed E-state index contributed by atoms with van der Waals surface area (Å²) in [6.45, 7) is 3.66. The number of carbonyl (C=O) groups is 3. The highest BCUT2D eigenvalue weighted by Gasteiger charge is 2.63. The minimum atomic E-state index is -2.69. The average Bonchev–Trinajstić information content (AvgIpc) is 2.84. The van der Waals surface area contributed by atoms with Crippen molar-refractivity contribution in [2.75, 3.05) is 39.7 Å². The fourth-order valence-electron chi connectivity index (χ4n) is 6.18. The molecule has 0 aromatic heterocycles. The lowest BCUT2D eigenvalue weighted by atomic mass is 9.58. The van der Waals surface area contributed by atoms with Crippen molar-refractivity contribution in [3.63, 3.8) is 0 Å². The first-order chi connectivity index (χ1) is 18.2. The third-order valence-corrected chi connectivity index (χ3v) is 7.90. The van der Waals surface area contributed by atoms with Gasteiger partial charge in [-0.1, -0.05) is 5.16 Å². The van der Waals surface area contributed by atoms with Gasteiger partial charge >= 0.3 is 0 Å². The molecule has 0 spiro atoms. The quantitative estimate of drug-likeness (QED) is 0.197. The van der Waals surface area contributed by atoms with Crippen molar-refractivity contribution in [2.24, 2.45) is 22.7 Å². The fraction of sp³-hybridized carbons (Fsp3) is 0.481. The Morgan fingerprint density at radius 3 is 2.38 bits per heavy atom. The van der Waals surface area contributed by atoms with Crippen LogP contribution in [0.25, 0.3) is 0 Å². The van der Waals surface area contributed by atoms with Gasteiger partial charge in [-0.15, -0.1) is 0 Å². The summed E-state index contributed by atoms with van der Waals surface area (Å²) in [7, 11) is 6.75. The predicted molar refractivity (Wildman–Crippen MR) is 142 cm³/mol. The highest BCUT2D eigenvalue weighted by molar-refractivity contribution is 6.25. The van der Waals surface area contributed by atoms with Gasteiger partial charge in [-0.25, -0.2) is 0 Å². The van der Waals surface area contributed by atoms with Crippen LogP contribution in [0, 0.1) is 11.8 Å². The molecular weight excluding hydrogens is 508 g/mol. The van der Waals surface area contributed by atoms with Gasteiger partial charge in [0.05, 0.1) is 17.3 Å². The maximum atomic E-state index is 14.0. The summed E-state index contributed by atoms with van der Waals surface area (Å²) >= 11 is 0. The van der Waals surface area contributed by atoms with E-state index in [0.717, 1.165) is 0 Å². The number of anilines is 1. The molecule has 0 radical (unpaired) electrons. The van der Waals surface area contributed by atoms with Gasteiger partial charge in [0.2, 0.25) is 5.78 Å². The second-order valence-electron chi connectivity index (χ2n) is 10.6. The lowest BCUT2D eigenvalue weighted by Gasteiger charge is -2.50. The topological polar surface area (TPSA) is 186 Å². The number of phenols is 1. The van der Waals surface area contributed by atoms with Gasteiger partial charge < -0.3 is 35.9 Å². The van der Waals surface area contributed by atoms with Gasteiger partial charge in [-0.2, -0.15) is 0 Å².